The lowest BCUT2D eigenvalue weighted by atomic mass is 9.99. The average molecular weight is 270 g/mol. The molecule has 2 rings (SSSR count). The molecule has 0 fully saturated rings. The number of hydrogen-bond acceptors (Lipinski definition) is 2. The molecule has 0 bridgehead atoms. The fourth-order valence-corrected chi connectivity index (χ4v) is 2.82. The maximum atomic E-state index is 6.16. The van der Waals surface area contributed by atoms with E-state index in [1.807, 2.05) is 6.07 Å². The molecular weight excluding hydrogens is 254 g/mol. The second kappa shape index (κ2) is 4.54. The fourth-order valence-electron chi connectivity index (χ4n) is 2.17. The first kappa shape index (κ1) is 11.0. The first-order valence-corrected chi connectivity index (χ1v) is 6.13. The monoisotopic (exact) mass is 269 g/mol. The summed E-state index contributed by atoms with van der Waals surface area (Å²) in [5.74, 6) is 0.887. The Bertz CT molecular complexity index is 365. The van der Waals surface area contributed by atoms with Crippen LogP contribution in [-0.2, 0) is 6.42 Å². The molecule has 0 saturated heterocycles. The van der Waals surface area contributed by atoms with Crippen LogP contribution >= 0.6 is 15.9 Å². The average Bonchev–Trinajstić information content (AvgIpc) is 2.41. The predicted molar refractivity (Wildman–Crippen MR) is 65.2 cm³/mol. The zero-order valence-electron chi connectivity index (χ0n) is 8.92. The number of fused-ring (bicyclic) bond motifs is 1. The maximum absolute atomic E-state index is 6.16. The minimum atomic E-state index is 0.161. The highest BCUT2D eigenvalue weighted by Crippen LogP contribution is 2.35. The summed E-state index contributed by atoms with van der Waals surface area (Å²) in [4.78, 5) is 0. The van der Waals surface area contributed by atoms with E-state index in [4.69, 9.17) is 10.5 Å². The smallest absolute Gasteiger partial charge is 0.120 e. The van der Waals surface area contributed by atoms with Gasteiger partial charge in [-0.1, -0.05) is 22.4 Å². The fraction of sp³-hybridized carbons (Fsp3) is 0.500. The van der Waals surface area contributed by atoms with Gasteiger partial charge >= 0.3 is 0 Å². The Balaban J connectivity index is 2.50. The molecule has 0 amide bonds. The number of rotatable bonds is 1. The minimum Gasteiger partial charge on any atom is -0.497 e. The van der Waals surface area contributed by atoms with Crippen LogP contribution in [-0.4, -0.2) is 7.11 Å². The lowest BCUT2D eigenvalue weighted by Gasteiger charge is -2.15. The van der Waals surface area contributed by atoms with Crippen molar-refractivity contribution in [3.63, 3.8) is 0 Å². The summed E-state index contributed by atoms with van der Waals surface area (Å²) >= 11 is 3.60. The normalized spacial score (nSPS) is 20.6. The number of methoxy groups -OCH3 is 1. The Labute approximate surface area is 98.9 Å². The lowest BCUT2D eigenvalue weighted by Crippen LogP contribution is -2.11. The van der Waals surface area contributed by atoms with E-state index in [9.17, 15) is 0 Å². The van der Waals surface area contributed by atoms with Crippen molar-refractivity contribution in [1.29, 1.82) is 0 Å². The van der Waals surface area contributed by atoms with Crippen molar-refractivity contribution in [3.05, 3.63) is 27.7 Å². The van der Waals surface area contributed by atoms with Gasteiger partial charge in [-0.25, -0.2) is 0 Å². The summed E-state index contributed by atoms with van der Waals surface area (Å²) in [5.41, 5.74) is 8.77. The molecule has 1 aliphatic rings. The van der Waals surface area contributed by atoms with Crippen LogP contribution in [0.25, 0.3) is 0 Å². The third kappa shape index (κ3) is 2.18. The van der Waals surface area contributed by atoms with Gasteiger partial charge < -0.3 is 10.5 Å². The SMILES string of the molecule is COc1cc(Br)c2c(c1)[C@@H](N)CCCC2. The summed E-state index contributed by atoms with van der Waals surface area (Å²) in [5, 5.41) is 0. The van der Waals surface area contributed by atoms with Gasteiger partial charge in [-0.05, 0) is 42.5 Å². The molecule has 0 radical (unpaired) electrons. The Morgan fingerprint density at radius 3 is 2.93 bits per heavy atom. The highest BCUT2D eigenvalue weighted by molar-refractivity contribution is 9.10. The molecule has 0 heterocycles. The van der Waals surface area contributed by atoms with Crippen molar-refractivity contribution in [2.24, 2.45) is 5.73 Å². The van der Waals surface area contributed by atoms with Crippen molar-refractivity contribution < 1.29 is 4.74 Å². The second-order valence-corrected chi connectivity index (χ2v) is 4.88. The first-order valence-electron chi connectivity index (χ1n) is 5.34. The first-order chi connectivity index (χ1) is 7.22. The molecule has 1 aromatic carbocycles. The van der Waals surface area contributed by atoms with Crippen molar-refractivity contribution in [3.8, 4) is 5.75 Å². The van der Waals surface area contributed by atoms with E-state index < -0.39 is 0 Å². The maximum Gasteiger partial charge on any atom is 0.120 e. The van der Waals surface area contributed by atoms with Gasteiger partial charge in [0, 0.05) is 10.5 Å². The van der Waals surface area contributed by atoms with Crippen LogP contribution in [0.5, 0.6) is 5.75 Å². The zero-order valence-corrected chi connectivity index (χ0v) is 10.5. The van der Waals surface area contributed by atoms with Gasteiger partial charge in [0.15, 0.2) is 0 Å². The molecule has 1 aliphatic carbocycles. The summed E-state index contributed by atoms with van der Waals surface area (Å²) in [6.07, 6.45) is 4.64. The molecule has 0 spiro atoms. The molecule has 0 saturated carbocycles. The van der Waals surface area contributed by atoms with Gasteiger partial charge in [-0.2, -0.15) is 0 Å². The molecule has 0 unspecified atom stereocenters. The number of halogens is 1. The lowest BCUT2D eigenvalue weighted by molar-refractivity contribution is 0.413. The molecule has 2 N–H and O–H groups in total. The van der Waals surface area contributed by atoms with E-state index in [1.54, 1.807) is 7.11 Å². The quantitative estimate of drug-likeness (QED) is 0.795. The van der Waals surface area contributed by atoms with E-state index in [2.05, 4.69) is 22.0 Å². The molecule has 1 aromatic rings. The van der Waals surface area contributed by atoms with Crippen LogP contribution in [0.15, 0.2) is 16.6 Å². The molecular formula is C12H16BrNO. The molecule has 0 aliphatic heterocycles. The van der Waals surface area contributed by atoms with E-state index in [-0.39, 0.29) is 6.04 Å². The van der Waals surface area contributed by atoms with Crippen LogP contribution in [0.1, 0.15) is 36.4 Å². The number of ether oxygens (including phenoxy) is 1. The molecule has 0 aromatic heterocycles. The van der Waals surface area contributed by atoms with Crippen molar-refractivity contribution in [1.82, 2.24) is 0 Å². The molecule has 1 atom stereocenters. The number of hydrogen-bond donors (Lipinski definition) is 1. The minimum absolute atomic E-state index is 0.161. The van der Waals surface area contributed by atoms with Gasteiger partial charge in [-0.3, -0.25) is 0 Å². The van der Waals surface area contributed by atoms with Crippen LogP contribution < -0.4 is 10.5 Å². The summed E-state index contributed by atoms with van der Waals surface area (Å²) < 4.78 is 6.40. The van der Waals surface area contributed by atoms with E-state index in [0.29, 0.717) is 0 Å². The van der Waals surface area contributed by atoms with Crippen molar-refractivity contribution in [2.75, 3.05) is 7.11 Å². The molecule has 2 nitrogen and oxygen atoms in total. The predicted octanol–water partition coefficient (Wildman–Crippen LogP) is 3.18. The van der Waals surface area contributed by atoms with Crippen LogP contribution in [0.2, 0.25) is 0 Å². The topological polar surface area (TPSA) is 35.2 Å². The molecule has 82 valence electrons. The van der Waals surface area contributed by atoms with E-state index >= 15 is 0 Å². The van der Waals surface area contributed by atoms with Crippen LogP contribution in [0.3, 0.4) is 0 Å². The molecule has 3 heteroatoms. The second-order valence-electron chi connectivity index (χ2n) is 4.03. The van der Waals surface area contributed by atoms with Gasteiger partial charge in [0.1, 0.15) is 5.75 Å². The van der Waals surface area contributed by atoms with Gasteiger partial charge in [0.25, 0.3) is 0 Å². The third-order valence-corrected chi connectivity index (χ3v) is 3.74. The summed E-state index contributed by atoms with van der Waals surface area (Å²) in [6, 6.07) is 4.27. The largest absolute Gasteiger partial charge is 0.497 e. The van der Waals surface area contributed by atoms with Crippen molar-refractivity contribution >= 4 is 15.9 Å². The van der Waals surface area contributed by atoms with Gasteiger partial charge in [-0.15, -0.1) is 0 Å². The number of benzene rings is 1. The van der Waals surface area contributed by atoms with Crippen molar-refractivity contribution in [2.45, 2.75) is 31.7 Å². The van der Waals surface area contributed by atoms with Crippen LogP contribution in [0, 0.1) is 0 Å². The Hall–Kier alpha value is -0.540. The van der Waals surface area contributed by atoms with Gasteiger partial charge in [0.2, 0.25) is 0 Å². The summed E-state index contributed by atoms with van der Waals surface area (Å²) in [6.45, 7) is 0. The Morgan fingerprint density at radius 2 is 2.20 bits per heavy atom. The highest BCUT2D eigenvalue weighted by Gasteiger charge is 2.18. The van der Waals surface area contributed by atoms with E-state index in [1.165, 1.54) is 24.0 Å². The zero-order chi connectivity index (χ0) is 10.8. The Kier molecular flexibility index (Phi) is 3.32. The van der Waals surface area contributed by atoms with Crippen LogP contribution in [0.4, 0.5) is 0 Å². The van der Waals surface area contributed by atoms with Gasteiger partial charge in [0.05, 0.1) is 7.11 Å². The van der Waals surface area contributed by atoms with E-state index in [0.717, 1.165) is 23.1 Å². The number of nitrogens with two attached hydrogens (primary N) is 1. The third-order valence-electron chi connectivity index (χ3n) is 3.03. The molecule has 15 heavy (non-hydrogen) atoms. The summed E-state index contributed by atoms with van der Waals surface area (Å²) in [7, 11) is 1.69. The highest BCUT2D eigenvalue weighted by atomic mass is 79.9. The Morgan fingerprint density at radius 1 is 1.40 bits per heavy atom. The standard InChI is InChI=1S/C12H16BrNO/c1-15-8-6-10-9(11(13)7-8)4-2-3-5-12(10)14/h6-7,12H,2-5,14H2,1H3/t12-/m0/s1.